The molecule has 2 aliphatic rings. The van der Waals surface area contributed by atoms with Crippen LogP contribution in [0.2, 0.25) is 0 Å². The molecule has 3 rings (SSSR count). The molecule has 0 aliphatic carbocycles. The van der Waals surface area contributed by atoms with Crippen molar-refractivity contribution in [3.63, 3.8) is 0 Å². The Labute approximate surface area is 130 Å². The molecule has 2 atom stereocenters. The van der Waals surface area contributed by atoms with Crippen molar-refractivity contribution in [1.82, 2.24) is 9.80 Å². The van der Waals surface area contributed by atoms with Crippen molar-refractivity contribution in [2.24, 2.45) is 5.73 Å². The average molecular weight is 302 g/mol. The minimum absolute atomic E-state index is 0.0499. The number of urea groups is 2. The van der Waals surface area contributed by atoms with Gasteiger partial charge in [0.2, 0.25) is 0 Å². The summed E-state index contributed by atoms with van der Waals surface area (Å²) in [4.78, 5) is 27.5. The van der Waals surface area contributed by atoms with E-state index in [1.807, 2.05) is 29.2 Å². The Bertz CT molecular complexity index is 589. The second-order valence-electron chi connectivity index (χ2n) is 5.99. The average Bonchev–Trinajstić information content (AvgIpc) is 2.53. The smallest absolute Gasteiger partial charge is 0.322 e. The number of hydrogen-bond donors (Lipinski definition) is 2. The van der Waals surface area contributed by atoms with Crippen LogP contribution >= 0.6 is 0 Å². The highest BCUT2D eigenvalue weighted by Gasteiger charge is 2.36. The Hall–Kier alpha value is -2.24. The summed E-state index contributed by atoms with van der Waals surface area (Å²) in [6.07, 6.45) is 2.41. The van der Waals surface area contributed by atoms with Crippen LogP contribution in [-0.4, -0.2) is 40.5 Å². The van der Waals surface area contributed by atoms with Crippen LogP contribution < -0.4 is 11.1 Å². The third-order valence-electron chi connectivity index (χ3n) is 4.74. The zero-order valence-electron chi connectivity index (χ0n) is 12.8. The molecule has 1 saturated heterocycles. The molecule has 4 amide bonds. The van der Waals surface area contributed by atoms with E-state index in [9.17, 15) is 9.59 Å². The zero-order valence-corrected chi connectivity index (χ0v) is 12.8. The predicted molar refractivity (Wildman–Crippen MR) is 84.4 cm³/mol. The number of para-hydroxylation sites is 1. The molecule has 0 radical (unpaired) electrons. The molecule has 1 aromatic rings. The number of nitrogens with zero attached hydrogens (tertiary/aromatic N) is 2. The third kappa shape index (κ3) is 2.61. The fourth-order valence-corrected chi connectivity index (χ4v) is 3.51. The van der Waals surface area contributed by atoms with Crippen molar-refractivity contribution in [2.45, 2.75) is 44.8 Å². The summed E-state index contributed by atoms with van der Waals surface area (Å²) in [6.45, 7) is 3.29. The number of primary amides is 1. The number of carbonyl (C=O) groups excluding carboxylic acids is 2. The van der Waals surface area contributed by atoms with Gasteiger partial charge >= 0.3 is 12.1 Å². The molecule has 1 aromatic carbocycles. The van der Waals surface area contributed by atoms with Crippen LogP contribution in [0, 0.1) is 0 Å². The van der Waals surface area contributed by atoms with Crippen molar-refractivity contribution in [3.8, 4) is 0 Å². The van der Waals surface area contributed by atoms with Crippen LogP contribution in [0.4, 0.5) is 15.3 Å². The molecular weight excluding hydrogens is 280 g/mol. The number of rotatable bonds is 2. The molecule has 118 valence electrons. The van der Waals surface area contributed by atoms with Gasteiger partial charge in [-0.1, -0.05) is 25.1 Å². The molecule has 1 fully saturated rings. The predicted octanol–water partition coefficient (Wildman–Crippen LogP) is 2.36. The van der Waals surface area contributed by atoms with Crippen LogP contribution in [0.15, 0.2) is 24.3 Å². The number of nitrogens with two attached hydrogens (primary N) is 1. The first-order valence-corrected chi connectivity index (χ1v) is 7.81. The molecule has 22 heavy (non-hydrogen) atoms. The summed E-state index contributed by atoms with van der Waals surface area (Å²) in [6, 6.07) is 7.72. The van der Waals surface area contributed by atoms with Crippen LogP contribution in [0.1, 0.15) is 31.7 Å². The van der Waals surface area contributed by atoms with Crippen molar-refractivity contribution < 1.29 is 9.59 Å². The minimum atomic E-state index is -0.362. The Morgan fingerprint density at radius 1 is 1.41 bits per heavy atom. The van der Waals surface area contributed by atoms with Gasteiger partial charge in [-0.05, 0) is 30.9 Å². The molecule has 2 heterocycles. The maximum Gasteiger partial charge on any atom is 0.322 e. The van der Waals surface area contributed by atoms with Gasteiger partial charge in [0.05, 0.1) is 0 Å². The van der Waals surface area contributed by atoms with Gasteiger partial charge in [0.15, 0.2) is 0 Å². The lowest BCUT2D eigenvalue weighted by atomic mass is 9.93. The lowest BCUT2D eigenvalue weighted by molar-refractivity contribution is 0.0961. The second-order valence-corrected chi connectivity index (χ2v) is 5.99. The summed E-state index contributed by atoms with van der Waals surface area (Å²) in [5, 5.41) is 2.96. The van der Waals surface area contributed by atoms with E-state index in [0.717, 1.165) is 30.5 Å². The number of likely N-dealkylation sites (tertiary alicyclic amines) is 1. The first-order chi connectivity index (χ1) is 10.6. The molecule has 0 spiro atoms. The number of benzene rings is 1. The van der Waals surface area contributed by atoms with E-state index in [-0.39, 0.29) is 24.1 Å². The third-order valence-corrected chi connectivity index (χ3v) is 4.74. The fourth-order valence-electron chi connectivity index (χ4n) is 3.51. The summed E-state index contributed by atoms with van der Waals surface area (Å²) >= 11 is 0. The van der Waals surface area contributed by atoms with Crippen molar-refractivity contribution in [2.75, 3.05) is 11.9 Å². The maximum atomic E-state index is 12.4. The summed E-state index contributed by atoms with van der Waals surface area (Å²) in [7, 11) is 0. The van der Waals surface area contributed by atoms with Gasteiger partial charge in [0.25, 0.3) is 0 Å². The van der Waals surface area contributed by atoms with Crippen molar-refractivity contribution in [1.29, 1.82) is 0 Å². The molecule has 0 aromatic heterocycles. The SMILES string of the molecule is CCC1CC(N2Cc3ccccc3NC2=O)CCN1C(N)=O. The summed E-state index contributed by atoms with van der Waals surface area (Å²) < 4.78 is 0. The molecule has 2 aliphatic heterocycles. The van der Waals surface area contributed by atoms with Gasteiger partial charge in [-0.2, -0.15) is 0 Å². The van der Waals surface area contributed by atoms with Gasteiger partial charge in [-0.25, -0.2) is 9.59 Å². The Kier molecular flexibility index (Phi) is 3.92. The van der Waals surface area contributed by atoms with E-state index in [2.05, 4.69) is 12.2 Å². The standard InChI is InChI=1S/C16H22N4O2/c1-2-12-9-13(7-8-19(12)15(17)21)20-10-11-5-3-4-6-14(11)18-16(20)22/h3-6,12-13H,2,7-10H2,1H3,(H2,17,21)(H,18,22). The van der Waals surface area contributed by atoms with E-state index in [0.29, 0.717) is 13.1 Å². The van der Waals surface area contributed by atoms with E-state index in [1.54, 1.807) is 4.90 Å². The van der Waals surface area contributed by atoms with Crippen LogP contribution in [-0.2, 0) is 6.54 Å². The van der Waals surface area contributed by atoms with Gasteiger partial charge in [0.1, 0.15) is 0 Å². The fraction of sp³-hybridized carbons (Fsp3) is 0.500. The number of nitrogens with one attached hydrogen (secondary N) is 1. The summed E-state index contributed by atoms with van der Waals surface area (Å²) in [5.41, 5.74) is 7.47. The van der Waals surface area contributed by atoms with Gasteiger partial charge in [0, 0.05) is 30.9 Å². The molecular formula is C16H22N4O2. The second kappa shape index (κ2) is 5.87. The quantitative estimate of drug-likeness (QED) is 0.879. The van der Waals surface area contributed by atoms with Gasteiger partial charge < -0.3 is 20.9 Å². The largest absolute Gasteiger partial charge is 0.351 e. The molecule has 3 N–H and O–H groups in total. The number of piperidine rings is 1. The zero-order chi connectivity index (χ0) is 15.7. The lowest BCUT2D eigenvalue weighted by Crippen LogP contribution is -2.55. The Morgan fingerprint density at radius 3 is 2.91 bits per heavy atom. The Balaban J connectivity index is 1.75. The molecule has 2 unspecified atom stereocenters. The van der Waals surface area contributed by atoms with E-state index < -0.39 is 0 Å². The molecule has 0 bridgehead atoms. The number of amides is 4. The normalized spacial score (nSPS) is 24.7. The van der Waals surface area contributed by atoms with Crippen molar-refractivity contribution in [3.05, 3.63) is 29.8 Å². The molecule has 6 heteroatoms. The first kappa shape index (κ1) is 14.7. The number of anilines is 1. The highest BCUT2D eigenvalue weighted by molar-refractivity contribution is 5.92. The minimum Gasteiger partial charge on any atom is -0.351 e. The van der Waals surface area contributed by atoms with Crippen LogP contribution in [0.25, 0.3) is 0 Å². The Morgan fingerprint density at radius 2 is 2.18 bits per heavy atom. The first-order valence-electron chi connectivity index (χ1n) is 7.81. The highest BCUT2D eigenvalue weighted by atomic mass is 16.2. The number of fused-ring (bicyclic) bond motifs is 1. The molecule has 0 saturated carbocycles. The number of hydrogen-bond acceptors (Lipinski definition) is 2. The highest BCUT2D eigenvalue weighted by Crippen LogP contribution is 2.30. The van der Waals surface area contributed by atoms with E-state index in [1.165, 1.54) is 0 Å². The van der Waals surface area contributed by atoms with Crippen LogP contribution in [0.5, 0.6) is 0 Å². The summed E-state index contributed by atoms with van der Waals surface area (Å²) in [5.74, 6) is 0. The lowest BCUT2D eigenvalue weighted by Gasteiger charge is -2.44. The van der Waals surface area contributed by atoms with Gasteiger partial charge in [-0.3, -0.25) is 0 Å². The monoisotopic (exact) mass is 302 g/mol. The molecule has 6 nitrogen and oxygen atoms in total. The van der Waals surface area contributed by atoms with Gasteiger partial charge in [-0.15, -0.1) is 0 Å². The number of carbonyl (C=O) groups is 2. The van der Waals surface area contributed by atoms with Crippen LogP contribution in [0.3, 0.4) is 0 Å². The maximum absolute atomic E-state index is 12.4. The van der Waals surface area contributed by atoms with E-state index in [4.69, 9.17) is 5.73 Å². The van der Waals surface area contributed by atoms with Crippen molar-refractivity contribution >= 4 is 17.7 Å². The topological polar surface area (TPSA) is 78.7 Å². The van der Waals surface area contributed by atoms with E-state index >= 15 is 0 Å².